The number of Topliss-reactive ketones (excluding diaryl/α,β-unsaturated/α-hetero) is 1. The van der Waals surface area contributed by atoms with E-state index in [1.807, 2.05) is 6.92 Å². The van der Waals surface area contributed by atoms with Crippen molar-refractivity contribution in [1.29, 1.82) is 1.28 Å². The van der Waals surface area contributed by atoms with Crippen LogP contribution in [0, 0.1) is 17.8 Å². The maximum atomic E-state index is 14.3. The summed E-state index contributed by atoms with van der Waals surface area (Å²) < 4.78 is 41.5. The minimum absolute atomic E-state index is 0.0937. The van der Waals surface area contributed by atoms with Crippen LogP contribution in [-0.2, 0) is 14.1 Å². The SMILES string of the molecule is [3H]PO[C@@H]1CC(=O)[C@H](CCCCCCC(=O)O)[C@H]1CCC(C)C(F)(F)CCCC. The number of unbranched alkanes of at least 4 members (excludes halogenated alkanes) is 4. The summed E-state index contributed by atoms with van der Waals surface area (Å²) in [4.78, 5) is 23.1. The highest BCUT2D eigenvalue weighted by atomic mass is 31.0. The molecule has 1 N–H and O–H groups in total. The van der Waals surface area contributed by atoms with Crippen molar-refractivity contribution in [2.24, 2.45) is 17.8 Å². The van der Waals surface area contributed by atoms with Crippen molar-refractivity contribution in [3.8, 4) is 0 Å². The molecule has 0 spiro atoms. The molecule has 1 fully saturated rings. The molecule has 0 aliphatic heterocycles. The molecule has 0 aromatic rings. The summed E-state index contributed by atoms with van der Waals surface area (Å²) in [6.07, 6.45) is 5.97. The second-order valence-electron chi connectivity index (χ2n) is 8.29. The third kappa shape index (κ3) is 8.41. The Morgan fingerprint density at radius 3 is 2.68 bits per heavy atom. The molecular weight excluding hydrogens is 385 g/mol. The molecule has 5 atom stereocenters. The van der Waals surface area contributed by atoms with E-state index in [1.54, 1.807) is 6.92 Å². The molecule has 1 saturated carbocycles. The van der Waals surface area contributed by atoms with Gasteiger partial charge in [-0.05, 0) is 38.0 Å². The van der Waals surface area contributed by atoms with Crippen molar-refractivity contribution < 1.29 is 28.0 Å². The number of carboxylic acids is 1. The van der Waals surface area contributed by atoms with Gasteiger partial charge in [-0.1, -0.05) is 39.5 Å². The Labute approximate surface area is 171 Å². The molecule has 164 valence electrons. The molecule has 0 bridgehead atoms. The molecule has 0 heterocycles. The van der Waals surface area contributed by atoms with Gasteiger partial charge in [0.25, 0.3) is 5.92 Å². The Bertz CT molecular complexity index is 507. The Morgan fingerprint density at radius 2 is 2.04 bits per heavy atom. The largest absolute Gasteiger partial charge is 0.481 e. The number of hydrogen-bond donors (Lipinski definition) is 1. The number of aliphatic carboxylic acids is 1. The molecule has 0 aromatic carbocycles. The first-order chi connectivity index (χ1) is 13.7. The highest BCUT2D eigenvalue weighted by Crippen LogP contribution is 2.41. The van der Waals surface area contributed by atoms with Crippen LogP contribution in [0.15, 0.2) is 0 Å². The topological polar surface area (TPSA) is 63.6 Å². The van der Waals surface area contributed by atoms with Crippen molar-refractivity contribution in [2.75, 3.05) is 0 Å². The van der Waals surface area contributed by atoms with E-state index in [-0.39, 0.29) is 43.0 Å². The first-order valence-corrected chi connectivity index (χ1v) is 11.1. The molecule has 0 saturated heterocycles. The van der Waals surface area contributed by atoms with E-state index in [2.05, 4.69) is 0 Å². The molecule has 1 aliphatic carbocycles. The van der Waals surface area contributed by atoms with Gasteiger partial charge in [-0.15, -0.1) is 0 Å². The van der Waals surface area contributed by atoms with Gasteiger partial charge in [0.1, 0.15) is 5.78 Å². The molecule has 28 heavy (non-hydrogen) atoms. The van der Waals surface area contributed by atoms with E-state index < -0.39 is 27.2 Å². The van der Waals surface area contributed by atoms with Crippen molar-refractivity contribution >= 4 is 21.2 Å². The summed E-state index contributed by atoms with van der Waals surface area (Å²) in [7, 11) is -0.461. The maximum absolute atomic E-state index is 14.3. The van der Waals surface area contributed by atoms with Crippen LogP contribution in [0.3, 0.4) is 0 Å². The second-order valence-corrected chi connectivity index (χ2v) is 8.52. The predicted octanol–water partition coefficient (Wildman–Crippen LogP) is 6.03. The first kappa shape index (κ1) is 23.7. The van der Waals surface area contributed by atoms with Gasteiger partial charge in [0.05, 0.1) is 7.38 Å². The molecule has 0 aromatic heterocycles. The number of carbonyl (C=O) groups excluding carboxylic acids is 1. The number of halogens is 2. The lowest BCUT2D eigenvalue weighted by atomic mass is 9.82. The molecule has 4 nitrogen and oxygen atoms in total. The lowest BCUT2D eigenvalue weighted by molar-refractivity contribution is -0.137. The second kappa shape index (κ2) is 12.8. The molecule has 2 unspecified atom stereocenters. The molecule has 7 heteroatoms. The Balaban J connectivity index is 2.57. The van der Waals surface area contributed by atoms with E-state index in [4.69, 9.17) is 10.9 Å². The quantitative estimate of drug-likeness (QED) is 0.243. The summed E-state index contributed by atoms with van der Waals surface area (Å²) >= 11 is 0. The van der Waals surface area contributed by atoms with Crippen LogP contribution in [0.2, 0.25) is 0 Å². The van der Waals surface area contributed by atoms with E-state index in [9.17, 15) is 18.4 Å². The number of hydrogen-bond acceptors (Lipinski definition) is 3. The van der Waals surface area contributed by atoms with Crippen LogP contribution in [0.5, 0.6) is 0 Å². The molecule has 0 radical (unpaired) electrons. The molecule has 1 rings (SSSR count). The smallest absolute Gasteiger partial charge is 0.303 e. The third-order valence-corrected chi connectivity index (χ3v) is 6.44. The fourth-order valence-electron chi connectivity index (χ4n) is 4.20. The monoisotopic (exact) mass is 424 g/mol. The zero-order chi connectivity index (χ0) is 21.9. The van der Waals surface area contributed by atoms with Gasteiger partial charge in [-0.3, -0.25) is 9.59 Å². The van der Waals surface area contributed by atoms with Crippen LogP contribution < -0.4 is 0 Å². The van der Waals surface area contributed by atoms with E-state index in [1.165, 1.54) is 0 Å². The minimum Gasteiger partial charge on any atom is -0.481 e. The molecule has 1 aliphatic rings. The van der Waals surface area contributed by atoms with Crippen molar-refractivity contribution in [2.45, 2.75) is 103 Å². The van der Waals surface area contributed by atoms with E-state index >= 15 is 0 Å². The zero-order valence-corrected chi connectivity index (χ0v) is 18.2. The van der Waals surface area contributed by atoms with Crippen LogP contribution in [0.1, 0.15) is 90.9 Å². The van der Waals surface area contributed by atoms with Crippen LogP contribution in [-0.4, -0.2) is 30.2 Å². The van der Waals surface area contributed by atoms with Gasteiger partial charge in [-0.2, -0.15) is 0 Å². The van der Waals surface area contributed by atoms with Crippen LogP contribution in [0.25, 0.3) is 0 Å². The Morgan fingerprint density at radius 1 is 1.32 bits per heavy atom. The van der Waals surface area contributed by atoms with E-state index in [0.717, 1.165) is 25.7 Å². The van der Waals surface area contributed by atoms with Crippen LogP contribution >= 0.6 is 9.41 Å². The summed E-state index contributed by atoms with van der Waals surface area (Å²) in [5.41, 5.74) is 0. The number of alkyl halides is 2. The number of ketones is 1. The lowest BCUT2D eigenvalue weighted by Gasteiger charge is -2.28. The van der Waals surface area contributed by atoms with Crippen molar-refractivity contribution in [3.63, 3.8) is 0 Å². The van der Waals surface area contributed by atoms with Gasteiger partial charge in [0.15, 0.2) is 0 Å². The highest BCUT2D eigenvalue weighted by Gasteiger charge is 2.43. The van der Waals surface area contributed by atoms with Crippen molar-refractivity contribution in [3.05, 3.63) is 0 Å². The molecular formula is C21H37F2O4P. The minimum atomic E-state index is -2.69. The standard InChI is InChI=1S/C21H37F2O4P/c1-3-4-13-21(22,23)15(2)11-12-17-16(18(24)14-19(17)27-28)9-7-5-6-8-10-20(25)26/h15-17,19H,3-14,28H2,1-2H3,(H,25,26)/t15?,16-,17-,19-/m1/s1/i28T/t15?,16-,17-,19-,28?. The average molecular weight is 425 g/mol. The number of carbonyl (C=O) groups is 2. The van der Waals surface area contributed by atoms with Gasteiger partial charge >= 0.3 is 5.97 Å². The third-order valence-electron chi connectivity index (χ3n) is 6.14. The van der Waals surface area contributed by atoms with Gasteiger partial charge < -0.3 is 9.63 Å². The van der Waals surface area contributed by atoms with Gasteiger partial charge in [0, 0.05) is 40.5 Å². The van der Waals surface area contributed by atoms with Gasteiger partial charge in [-0.25, -0.2) is 8.78 Å². The lowest BCUT2D eigenvalue weighted by Crippen LogP contribution is -2.28. The van der Waals surface area contributed by atoms with Crippen molar-refractivity contribution in [1.82, 2.24) is 0 Å². The summed E-state index contributed by atoms with van der Waals surface area (Å²) in [6, 6.07) is 0. The molecule has 0 amide bonds. The maximum Gasteiger partial charge on any atom is 0.303 e. The number of carboxylic acid groups (broad SMARTS) is 1. The van der Waals surface area contributed by atoms with Crippen LogP contribution in [0.4, 0.5) is 8.78 Å². The van der Waals surface area contributed by atoms with E-state index in [0.29, 0.717) is 32.1 Å². The first-order valence-electron chi connectivity index (χ1n) is 11.2. The zero-order valence-electron chi connectivity index (χ0n) is 18.2. The summed E-state index contributed by atoms with van der Waals surface area (Å²) in [5, 5.41) is 8.67. The fraction of sp³-hybridized carbons (Fsp3) is 0.905. The Hall–Kier alpha value is -0.610. The number of rotatable bonds is 16. The average Bonchev–Trinajstić information content (AvgIpc) is 2.95. The summed E-state index contributed by atoms with van der Waals surface area (Å²) in [5.74, 6) is -4.38. The fourth-order valence-corrected chi connectivity index (χ4v) is 4.45. The highest BCUT2D eigenvalue weighted by molar-refractivity contribution is 7.09. The summed E-state index contributed by atoms with van der Waals surface area (Å²) in [6.45, 7) is 3.49. The Kier molecular flexibility index (Phi) is 10.9. The van der Waals surface area contributed by atoms with Gasteiger partial charge in [0.2, 0.25) is 0 Å². The predicted molar refractivity (Wildman–Crippen MR) is 109 cm³/mol. The normalized spacial score (nSPS) is 24.8.